The molecule has 0 fully saturated rings. The lowest BCUT2D eigenvalue weighted by Crippen LogP contribution is -2.06. The topological polar surface area (TPSA) is 48.4 Å². The van der Waals surface area contributed by atoms with Gasteiger partial charge in [-0.2, -0.15) is 4.98 Å². The van der Waals surface area contributed by atoms with Gasteiger partial charge < -0.3 is 9.47 Å². The van der Waals surface area contributed by atoms with Gasteiger partial charge in [-0.1, -0.05) is 22.9 Å². The SMILES string of the molecule is CCOC(=O)c1nc(Oc2ccc(Cl)cc2)sc1C. The Morgan fingerprint density at radius 3 is 2.68 bits per heavy atom. The number of hydrogen-bond donors (Lipinski definition) is 0. The van der Waals surface area contributed by atoms with Crippen LogP contribution in [0.15, 0.2) is 24.3 Å². The Morgan fingerprint density at radius 1 is 1.37 bits per heavy atom. The summed E-state index contributed by atoms with van der Waals surface area (Å²) in [6.45, 7) is 3.88. The molecule has 0 atom stereocenters. The number of carbonyl (C=O) groups excluding carboxylic acids is 1. The van der Waals surface area contributed by atoms with E-state index < -0.39 is 5.97 Å². The lowest BCUT2D eigenvalue weighted by Gasteiger charge is -2.00. The van der Waals surface area contributed by atoms with Crippen molar-refractivity contribution in [3.8, 4) is 10.9 Å². The standard InChI is InChI=1S/C13H12ClNO3S/c1-3-17-12(16)11-8(2)19-13(15-11)18-10-6-4-9(14)5-7-10/h4-7H,3H2,1-2H3. The van der Waals surface area contributed by atoms with E-state index >= 15 is 0 Å². The fourth-order valence-electron chi connectivity index (χ4n) is 1.41. The summed E-state index contributed by atoms with van der Waals surface area (Å²) in [7, 11) is 0. The molecule has 19 heavy (non-hydrogen) atoms. The monoisotopic (exact) mass is 297 g/mol. The van der Waals surface area contributed by atoms with Crippen molar-refractivity contribution < 1.29 is 14.3 Å². The molecule has 0 radical (unpaired) electrons. The molecule has 0 saturated heterocycles. The van der Waals surface area contributed by atoms with Crippen LogP contribution in [0.4, 0.5) is 0 Å². The first kappa shape index (κ1) is 13.8. The van der Waals surface area contributed by atoms with Gasteiger partial charge in [0.1, 0.15) is 5.75 Å². The predicted molar refractivity (Wildman–Crippen MR) is 74.3 cm³/mol. The summed E-state index contributed by atoms with van der Waals surface area (Å²) >= 11 is 7.09. The number of ether oxygens (including phenoxy) is 2. The number of benzene rings is 1. The first-order chi connectivity index (χ1) is 9.10. The molecule has 4 nitrogen and oxygen atoms in total. The maximum atomic E-state index is 11.6. The zero-order chi connectivity index (χ0) is 13.8. The molecule has 0 N–H and O–H groups in total. The number of thiazole rings is 1. The van der Waals surface area contributed by atoms with Crippen molar-refractivity contribution in [3.05, 3.63) is 39.9 Å². The Hall–Kier alpha value is -1.59. The maximum absolute atomic E-state index is 11.6. The van der Waals surface area contributed by atoms with Crippen LogP contribution >= 0.6 is 22.9 Å². The number of halogens is 1. The quantitative estimate of drug-likeness (QED) is 0.798. The Balaban J connectivity index is 2.16. The van der Waals surface area contributed by atoms with Crippen molar-refractivity contribution in [2.24, 2.45) is 0 Å². The van der Waals surface area contributed by atoms with Crippen molar-refractivity contribution in [1.82, 2.24) is 4.98 Å². The molecule has 1 aromatic heterocycles. The third kappa shape index (κ3) is 3.45. The number of aromatic nitrogens is 1. The van der Waals surface area contributed by atoms with Crippen LogP contribution in [0.3, 0.4) is 0 Å². The number of nitrogens with zero attached hydrogens (tertiary/aromatic N) is 1. The fraction of sp³-hybridized carbons (Fsp3) is 0.231. The smallest absolute Gasteiger partial charge is 0.358 e. The second kappa shape index (κ2) is 6.04. The van der Waals surface area contributed by atoms with Gasteiger partial charge in [0.25, 0.3) is 5.19 Å². The van der Waals surface area contributed by atoms with E-state index in [0.717, 1.165) is 4.88 Å². The summed E-state index contributed by atoms with van der Waals surface area (Å²) in [6.07, 6.45) is 0. The van der Waals surface area contributed by atoms with E-state index in [0.29, 0.717) is 28.3 Å². The highest BCUT2D eigenvalue weighted by molar-refractivity contribution is 7.13. The lowest BCUT2D eigenvalue weighted by atomic mass is 10.3. The minimum Gasteiger partial charge on any atom is -0.461 e. The third-order valence-electron chi connectivity index (χ3n) is 2.26. The van der Waals surface area contributed by atoms with Crippen LogP contribution in [-0.2, 0) is 4.74 Å². The highest BCUT2D eigenvalue weighted by Gasteiger charge is 2.17. The van der Waals surface area contributed by atoms with Crippen molar-refractivity contribution in [2.45, 2.75) is 13.8 Å². The van der Waals surface area contributed by atoms with Gasteiger partial charge in [0.2, 0.25) is 0 Å². The van der Waals surface area contributed by atoms with E-state index in [2.05, 4.69) is 4.98 Å². The second-order valence-corrected chi connectivity index (χ2v) is 5.26. The van der Waals surface area contributed by atoms with Gasteiger partial charge in [-0.05, 0) is 38.1 Å². The summed E-state index contributed by atoms with van der Waals surface area (Å²) in [5.74, 6) is 0.191. The van der Waals surface area contributed by atoms with E-state index in [1.807, 2.05) is 0 Å². The van der Waals surface area contributed by atoms with Crippen molar-refractivity contribution in [1.29, 1.82) is 0 Å². The summed E-state index contributed by atoms with van der Waals surface area (Å²) in [5, 5.41) is 1.04. The van der Waals surface area contributed by atoms with Gasteiger partial charge in [0, 0.05) is 9.90 Å². The molecular formula is C13H12ClNO3S. The van der Waals surface area contributed by atoms with Crippen LogP contribution < -0.4 is 4.74 Å². The van der Waals surface area contributed by atoms with Gasteiger partial charge in [-0.25, -0.2) is 4.79 Å². The Labute approximate surface area is 120 Å². The van der Waals surface area contributed by atoms with Gasteiger partial charge in [0.15, 0.2) is 5.69 Å². The molecule has 0 spiro atoms. The Bertz CT molecular complexity index is 580. The first-order valence-electron chi connectivity index (χ1n) is 5.68. The molecule has 0 bridgehead atoms. The highest BCUT2D eigenvalue weighted by atomic mass is 35.5. The molecule has 0 aliphatic carbocycles. The molecule has 0 unspecified atom stereocenters. The van der Waals surface area contributed by atoms with E-state index in [1.54, 1.807) is 38.1 Å². The van der Waals surface area contributed by atoms with E-state index in [9.17, 15) is 4.79 Å². The molecule has 0 saturated carbocycles. The highest BCUT2D eigenvalue weighted by Crippen LogP contribution is 2.29. The average Bonchev–Trinajstić information content (AvgIpc) is 2.74. The minimum absolute atomic E-state index is 0.302. The third-order valence-corrected chi connectivity index (χ3v) is 3.37. The van der Waals surface area contributed by atoms with Crippen LogP contribution in [0, 0.1) is 6.92 Å². The molecule has 0 aliphatic rings. The summed E-state index contributed by atoms with van der Waals surface area (Å²) in [5.41, 5.74) is 0.302. The molecular weight excluding hydrogens is 286 g/mol. The van der Waals surface area contributed by atoms with Gasteiger partial charge in [-0.15, -0.1) is 0 Å². The largest absolute Gasteiger partial charge is 0.461 e. The number of rotatable bonds is 4. The molecule has 2 aromatic rings. The molecule has 100 valence electrons. The van der Waals surface area contributed by atoms with Gasteiger partial charge in [-0.3, -0.25) is 0 Å². The van der Waals surface area contributed by atoms with E-state index in [4.69, 9.17) is 21.1 Å². The number of carbonyl (C=O) groups is 1. The molecule has 1 heterocycles. The van der Waals surface area contributed by atoms with Crippen LogP contribution in [0.5, 0.6) is 10.9 Å². The molecule has 2 rings (SSSR count). The second-order valence-electron chi connectivity index (χ2n) is 3.66. The van der Waals surface area contributed by atoms with Crippen LogP contribution in [0.1, 0.15) is 22.3 Å². The number of esters is 1. The van der Waals surface area contributed by atoms with Gasteiger partial charge >= 0.3 is 5.97 Å². The zero-order valence-corrected chi connectivity index (χ0v) is 12.0. The molecule has 6 heteroatoms. The minimum atomic E-state index is -0.429. The number of hydrogen-bond acceptors (Lipinski definition) is 5. The fourth-order valence-corrected chi connectivity index (χ4v) is 2.30. The van der Waals surface area contributed by atoms with Crippen LogP contribution in [-0.4, -0.2) is 17.6 Å². The normalized spacial score (nSPS) is 10.3. The van der Waals surface area contributed by atoms with Crippen LogP contribution in [0.2, 0.25) is 5.02 Å². The molecule has 0 amide bonds. The predicted octanol–water partition coefficient (Wildman–Crippen LogP) is 4.07. The Morgan fingerprint density at radius 2 is 2.05 bits per heavy atom. The summed E-state index contributed by atoms with van der Waals surface area (Å²) in [4.78, 5) is 16.5. The van der Waals surface area contributed by atoms with Crippen LogP contribution in [0.25, 0.3) is 0 Å². The first-order valence-corrected chi connectivity index (χ1v) is 6.87. The van der Waals surface area contributed by atoms with Gasteiger partial charge in [0.05, 0.1) is 6.61 Å². The number of aryl methyl sites for hydroxylation is 1. The summed E-state index contributed by atoms with van der Waals surface area (Å²) in [6, 6.07) is 6.93. The van der Waals surface area contributed by atoms with Crippen molar-refractivity contribution in [3.63, 3.8) is 0 Å². The summed E-state index contributed by atoms with van der Waals surface area (Å²) < 4.78 is 10.5. The molecule has 0 aliphatic heterocycles. The molecule has 1 aromatic carbocycles. The maximum Gasteiger partial charge on any atom is 0.358 e. The van der Waals surface area contributed by atoms with Crippen molar-refractivity contribution in [2.75, 3.05) is 6.61 Å². The van der Waals surface area contributed by atoms with Crippen molar-refractivity contribution >= 4 is 28.9 Å². The lowest BCUT2D eigenvalue weighted by molar-refractivity contribution is 0.0519. The van der Waals surface area contributed by atoms with E-state index in [-0.39, 0.29) is 0 Å². The average molecular weight is 298 g/mol. The Kier molecular flexibility index (Phi) is 4.39. The van der Waals surface area contributed by atoms with E-state index in [1.165, 1.54) is 11.3 Å². The zero-order valence-electron chi connectivity index (χ0n) is 10.5.